The van der Waals surface area contributed by atoms with Crippen molar-refractivity contribution in [3.05, 3.63) is 11.6 Å². The van der Waals surface area contributed by atoms with Crippen molar-refractivity contribution in [3.63, 3.8) is 0 Å². The van der Waals surface area contributed by atoms with E-state index in [1.54, 1.807) is 0 Å². The average molecular weight is 575 g/mol. The van der Waals surface area contributed by atoms with Crippen LogP contribution in [0.15, 0.2) is 11.6 Å². The van der Waals surface area contributed by atoms with Gasteiger partial charge in [-0.2, -0.15) is 0 Å². The normalized spacial score (nSPS) is 50.1. The maximum absolute atomic E-state index is 12.6. The van der Waals surface area contributed by atoms with Gasteiger partial charge in [-0.25, -0.2) is 0 Å². The standard InChI is InChI=1S/C34H54O7/c1-16(2)18(4)33(8)15-24(33)17(3)23-14-26(40-19(5)35)28-27-25(38)13-21-12-22(37)10-11-32(21,7)29(27)30(41-20(6)36)31(39)34(23,28)9/h13,16-18,22-31,37-39H,10-12,14-15H2,1-9H3/t17-,18+,22-,23+,24+,25+,26-,27-,28-,29+,30-,31+,32-,33+,34+/m0/s1. The lowest BCUT2D eigenvalue weighted by Gasteiger charge is -2.63. The number of hydrogen-bond donors (Lipinski definition) is 3. The summed E-state index contributed by atoms with van der Waals surface area (Å²) < 4.78 is 12.2. The summed E-state index contributed by atoms with van der Waals surface area (Å²) in [6.45, 7) is 18.7. The largest absolute Gasteiger partial charge is 0.462 e. The van der Waals surface area contributed by atoms with Crippen molar-refractivity contribution in [1.82, 2.24) is 0 Å². The highest BCUT2D eigenvalue weighted by molar-refractivity contribution is 5.67. The molecule has 4 fully saturated rings. The van der Waals surface area contributed by atoms with E-state index in [1.807, 2.05) is 6.08 Å². The topological polar surface area (TPSA) is 113 Å². The first-order chi connectivity index (χ1) is 19.0. The van der Waals surface area contributed by atoms with Gasteiger partial charge in [0.2, 0.25) is 0 Å². The Morgan fingerprint density at radius 1 is 0.951 bits per heavy atom. The molecule has 0 heterocycles. The molecule has 5 aliphatic rings. The number of ether oxygens (including phenoxy) is 2. The lowest BCUT2D eigenvalue weighted by atomic mass is 9.44. The molecule has 0 amide bonds. The van der Waals surface area contributed by atoms with Crippen LogP contribution in [0.3, 0.4) is 0 Å². The van der Waals surface area contributed by atoms with Gasteiger partial charge in [0.1, 0.15) is 12.2 Å². The Morgan fingerprint density at radius 3 is 2.17 bits per heavy atom. The third-order valence-electron chi connectivity index (χ3n) is 13.5. The number of rotatable bonds is 6. The summed E-state index contributed by atoms with van der Waals surface area (Å²) in [4.78, 5) is 25.0. The Kier molecular flexibility index (Phi) is 7.81. The zero-order chi connectivity index (χ0) is 30.4. The molecule has 15 atom stereocenters. The average Bonchev–Trinajstić information content (AvgIpc) is 3.48. The molecule has 0 aromatic rings. The SMILES string of the molecule is CC(=O)O[C@H]1[C@H]2[C@H]([C@@H]3[C@@H](OC(C)=O)C[C@H]([C@H](C)[C@H]4C[C@]4(C)[C@H](C)C(C)C)[C@@]3(C)[C@@H]1O)[C@H](O)C=C1C[C@@H](O)CC[C@@]12C. The first kappa shape index (κ1) is 31.0. The Labute approximate surface area is 246 Å². The highest BCUT2D eigenvalue weighted by Crippen LogP contribution is 2.71. The molecule has 232 valence electrons. The predicted octanol–water partition coefficient (Wildman–Crippen LogP) is 4.91. The van der Waals surface area contributed by atoms with E-state index in [9.17, 15) is 24.9 Å². The van der Waals surface area contributed by atoms with Crippen LogP contribution in [0.1, 0.15) is 94.4 Å². The van der Waals surface area contributed by atoms with E-state index < -0.39 is 47.3 Å². The second-order valence-corrected chi connectivity index (χ2v) is 15.7. The van der Waals surface area contributed by atoms with Crippen LogP contribution in [0.4, 0.5) is 0 Å². The highest BCUT2D eigenvalue weighted by Gasteiger charge is 2.73. The molecule has 4 saturated carbocycles. The van der Waals surface area contributed by atoms with Crippen LogP contribution in [-0.2, 0) is 19.1 Å². The van der Waals surface area contributed by atoms with E-state index in [-0.39, 0.29) is 41.0 Å². The van der Waals surface area contributed by atoms with E-state index in [4.69, 9.17) is 9.47 Å². The van der Waals surface area contributed by atoms with Crippen molar-refractivity contribution in [2.24, 2.45) is 63.6 Å². The van der Waals surface area contributed by atoms with Gasteiger partial charge in [0.15, 0.2) is 0 Å². The third-order valence-corrected chi connectivity index (χ3v) is 13.5. The molecule has 3 N–H and O–H groups in total. The molecule has 0 aromatic heterocycles. The Bertz CT molecular complexity index is 1080. The lowest BCUT2D eigenvalue weighted by molar-refractivity contribution is -0.238. The Hall–Kier alpha value is -1.44. The molecule has 0 bridgehead atoms. The van der Waals surface area contributed by atoms with Crippen LogP contribution >= 0.6 is 0 Å². The quantitative estimate of drug-likeness (QED) is 0.305. The fourth-order valence-corrected chi connectivity index (χ4v) is 11.0. The minimum absolute atomic E-state index is 0.0237. The van der Waals surface area contributed by atoms with Crippen LogP contribution in [0.2, 0.25) is 0 Å². The summed E-state index contributed by atoms with van der Waals surface area (Å²) in [5, 5.41) is 34.8. The van der Waals surface area contributed by atoms with E-state index >= 15 is 0 Å². The molecule has 0 spiro atoms. The van der Waals surface area contributed by atoms with Crippen LogP contribution < -0.4 is 0 Å². The smallest absolute Gasteiger partial charge is 0.303 e. The zero-order valence-electron chi connectivity index (χ0n) is 26.6. The Balaban J connectivity index is 1.61. The number of aliphatic hydroxyl groups is 3. The Morgan fingerprint density at radius 2 is 1.59 bits per heavy atom. The first-order valence-corrected chi connectivity index (χ1v) is 16.1. The van der Waals surface area contributed by atoms with Crippen LogP contribution in [0.25, 0.3) is 0 Å². The molecule has 7 heteroatoms. The summed E-state index contributed by atoms with van der Waals surface area (Å²) in [6.07, 6.45) is 1.85. The first-order valence-electron chi connectivity index (χ1n) is 16.1. The van der Waals surface area contributed by atoms with Crippen molar-refractivity contribution in [3.8, 4) is 0 Å². The fraction of sp³-hybridized carbons (Fsp3) is 0.882. The number of fused-ring (bicyclic) bond motifs is 5. The zero-order valence-corrected chi connectivity index (χ0v) is 26.6. The van der Waals surface area contributed by atoms with E-state index in [1.165, 1.54) is 13.8 Å². The monoisotopic (exact) mass is 574 g/mol. The number of carbonyl (C=O) groups is 2. The molecule has 41 heavy (non-hydrogen) atoms. The molecular formula is C34H54O7. The fourth-order valence-electron chi connectivity index (χ4n) is 11.0. The molecule has 0 aliphatic heterocycles. The van der Waals surface area contributed by atoms with Crippen LogP contribution in [0, 0.1) is 63.6 Å². The van der Waals surface area contributed by atoms with E-state index in [0.717, 1.165) is 12.0 Å². The minimum Gasteiger partial charge on any atom is -0.462 e. The molecule has 7 nitrogen and oxygen atoms in total. The van der Waals surface area contributed by atoms with Gasteiger partial charge in [0.05, 0.1) is 18.3 Å². The molecule has 0 radical (unpaired) electrons. The minimum atomic E-state index is -0.978. The number of hydrogen-bond acceptors (Lipinski definition) is 7. The molecule has 0 saturated heterocycles. The molecule has 0 unspecified atom stereocenters. The molecule has 0 aromatic carbocycles. The number of aliphatic hydroxyl groups excluding tert-OH is 3. The maximum atomic E-state index is 12.6. The maximum Gasteiger partial charge on any atom is 0.303 e. The van der Waals surface area contributed by atoms with Crippen molar-refractivity contribution >= 4 is 11.9 Å². The summed E-state index contributed by atoms with van der Waals surface area (Å²) in [5.41, 5.74) is -0.00389. The van der Waals surface area contributed by atoms with Gasteiger partial charge in [0, 0.05) is 37.0 Å². The van der Waals surface area contributed by atoms with Crippen molar-refractivity contribution < 1.29 is 34.4 Å². The predicted molar refractivity (Wildman–Crippen MR) is 155 cm³/mol. The molecular weight excluding hydrogens is 520 g/mol. The van der Waals surface area contributed by atoms with E-state index in [0.29, 0.717) is 43.4 Å². The molecule has 5 aliphatic carbocycles. The van der Waals surface area contributed by atoms with Crippen LogP contribution in [-0.4, -0.2) is 57.8 Å². The van der Waals surface area contributed by atoms with Crippen molar-refractivity contribution in [2.45, 2.75) is 125 Å². The molecule has 5 rings (SSSR count). The van der Waals surface area contributed by atoms with Gasteiger partial charge in [-0.3, -0.25) is 9.59 Å². The summed E-state index contributed by atoms with van der Waals surface area (Å²) in [6, 6.07) is 0. The van der Waals surface area contributed by atoms with Gasteiger partial charge in [0.25, 0.3) is 0 Å². The number of carbonyl (C=O) groups excluding carboxylic acids is 2. The van der Waals surface area contributed by atoms with Gasteiger partial charge >= 0.3 is 11.9 Å². The van der Waals surface area contributed by atoms with Gasteiger partial charge in [-0.1, -0.05) is 60.1 Å². The highest BCUT2D eigenvalue weighted by atomic mass is 16.6. The summed E-state index contributed by atoms with van der Waals surface area (Å²) in [7, 11) is 0. The lowest BCUT2D eigenvalue weighted by Crippen LogP contribution is -2.68. The van der Waals surface area contributed by atoms with Gasteiger partial charge in [-0.05, 0) is 72.5 Å². The third kappa shape index (κ3) is 4.63. The second kappa shape index (κ2) is 10.3. The summed E-state index contributed by atoms with van der Waals surface area (Å²) >= 11 is 0. The van der Waals surface area contributed by atoms with E-state index in [2.05, 4.69) is 48.5 Å². The van der Waals surface area contributed by atoms with Gasteiger partial charge in [-0.15, -0.1) is 0 Å². The number of esters is 2. The van der Waals surface area contributed by atoms with Crippen LogP contribution in [0.5, 0.6) is 0 Å². The van der Waals surface area contributed by atoms with Gasteiger partial charge < -0.3 is 24.8 Å². The van der Waals surface area contributed by atoms with Crippen molar-refractivity contribution in [2.75, 3.05) is 0 Å². The summed E-state index contributed by atoms with van der Waals surface area (Å²) in [5.74, 6) is 0.0762. The second-order valence-electron chi connectivity index (χ2n) is 15.7. The van der Waals surface area contributed by atoms with Crippen molar-refractivity contribution in [1.29, 1.82) is 0 Å².